The SMILES string of the molecule is CN1C(=S)N(c2ccccc2)C(=O)/C1=C/c1cc(Br)c(OCc2cccc([N+](=O)[O-])c2)c(Br)c1. The Morgan fingerprint density at radius 3 is 2.38 bits per heavy atom. The molecule has 3 aromatic carbocycles. The van der Waals surface area contributed by atoms with Crippen molar-refractivity contribution in [2.24, 2.45) is 0 Å². The normalized spacial score (nSPS) is 14.7. The van der Waals surface area contributed by atoms with Gasteiger partial charge in [0.1, 0.15) is 18.1 Å². The molecule has 0 N–H and O–H groups in total. The number of halogens is 2. The van der Waals surface area contributed by atoms with E-state index in [1.807, 2.05) is 42.5 Å². The fourth-order valence-corrected chi connectivity index (χ4v) is 5.17. The van der Waals surface area contributed by atoms with E-state index in [0.717, 1.165) is 5.56 Å². The van der Waals surface area contributed by atoms with E-state index < -0.39 is 4.92 Å². The number of carbonyl (C=O) groups is 1. The lowest BCUT2D eigenvalue weighted by Gasteiger charge is -2.16. The predicted molar refractivity (Wildman–Crippen MR) is 142 cm³/mol. The van der Waals surface area contributed by atoms with Gasteiger partial charge in [-0.1, -0.05) is 30.3 Å². The van der Waals surface area contributed by atoms with Crippen molar-refractivity contribution in [2.75, 3.05) is 11.9 Å². The summed E-state index contributed by atoms with van der Waals surface area (Å²) in [6.07, 6.45) is 1.76. The van der Waals surface area contributed by atoms with E-state index in [0.29, 0.717) is 36.8 Å². The molecule has 0 radical (unpaired) electrons. The molecule has 1 amide bonds. The molecule has 0 atom stereocenters. The fraction of sp³-hybridized carbons (Fsp3) is 0.0833. The standard InChI is InChI=1S/C24H17Br2N3O4S/c1-27-21(23(30)28(24(27)34)17-7-3-2-4-8-17)13-16-11-19(25)22(20(26)12-16)33-14-15-6-5-9-18(10-15)29(31)32/h2-13H,14H2,1H3/b21-13-. The van der Waals surface area contributed by atoms with Crippen LogP contribution in [0.3, 0.4) is 0 Å². The molecule has 0 bridgehead atoms. The van der Waals surface area contributed by atoms with Gasteiger partial charge in [0.2, 0.25) is 0 Å². The van der Waals surface area contributed by atoms with E-state index in [-0.39, 0.29) is 18.2 Å². The van der Waals surface area contributed by atoms with Crippen LogP contribution in [0.1, 0.15) is 11.1 Å². The van der Waals surface area contributed by atoms with Crippen LogP contribution >= 0.6 is 44.1 Å². The third kappa shape index (κ3) is 4.89. The van der Waals surface area contributed by atoms with Crippen molar-refractivity contribution in [3.8, 4) is 5.75 Å². The second kappa shape index (κ2) is 10.0. The van der Waals surface area contributed by atoms with Gasteiger partial charge in [-0.15, -0.1) is 0 Å². The summed E-state index contributed by atoms with van der Waals surface area (Å²) in [6.45, 7) is 0.154. The van der Waals surface area contributed by atoms with Crippen molar-refractivity contribution >= 4 is 72.5 Å². The summed E-state index contributed by atoms with van der Waals surface area (Å²) in [4.78, 5) is 26.9. The zero-order chi connectivity index (χ0) is 24.4. The lowest BCUT2D eigenvalue weighted by atomic mass is 10.1. The number of hydrogen-bond acceptors (Lipinski definition) is 5. The maximum absolute atomic E-state index is 13.1. The predicted octanol–water partition coefficient (Wildman–Crippen LogP) is 6.30. The highest BCUT2D eigenvalue weighted by atomic mass is 79.9. The Kier molecular flexibility index (Phi) is 7.11. The number of thiocarbonyl (C=S) groups is 1. The third-order valence-electron chi connectivity index (χ3n) is 5.10. The highest BCUT2D eigenvalue weighted by Crippen LogP contribution is 2.37. The molecule has 1 saturated heterocycles. The molecular weight excluding hydrogens is 586 g/mol. The monoisotopic (exact) mass is 601 g/mol. The van der Waals surface area contributed by atoms with Gasteiger partial charge in [-0.05, 0) is 85.5 Å². The quantitative estimate of drug-likeness (QED) is 0.143. The molecule has 1 aliphatic heterocycles. The van der Waals surface area contributed by atoms with E-state index >= 15 is 0 Å². The first-order chi connectivity index (χ1) is 16.3. The number of ether oxygens (including phenoxy) is 1. The minimum absolute atomic E-state index is 0.00835. The van der Waals surface area contributed by atoms with Gasteiger partial charge in [-0.2, -0.15) is 0 Å². The highest BCUT2D eigenvalue weighted by Gasteiger charge is 2.36. The molecule has 1 aliphatic rings. The maximum Gasteiger partial charge on any atom is 0.281 e. The number of benzene rings is 3. The number of carbonyl (C=O) groups excluding carboxylic acids is 1. The lowest BCUT2D eigenvalue weighted by Crippen LogP contribution is -2.30. The number of likely N-dealkylation sites (N-methyl/N-ethyl adjacent to an activating group) is 1. The van der Waals surface area contributed by atoms with Crippen LogP contribution in [0.5, 0.6) is 5.75 Å². The zero-order valence-corrected chi connectivity index (χ0v) is 21.8. The number of nitro benzene ring substituents is 1. The molecule has 0 unspecified atom stereocenters. The molecule has 1 heterocycles. The Bertz CT molecular complexity index is 1310. The van der Waals surface area contributed by atoms with Crippen molar-refractivity contribution in [1.29, 1.82) is 0 Å². The van der Waals surface area contributed by atoms with Gasteiger partial charge < -0.3 is 9.64 Å². The Morgan fingerprint density at radius 2 is 1.74 bits per heavy atom. The molecule has 0 spiro atoms. The summed E-state index contributed by atoms with van der Waals surface area (Å²) in [6, 6.07) is 19.2. The minimum Gasteiger partial charge on any atom is -0.487 e. The number of anilines is 1. The van der Waals surface area contributed by atoms with Gasteiger partial charge >= 0.3 is 0 Å². The van der Waals surface area contributed by atoms with Crippen molar-refractivity contribution < 1.29 is 14.5 Å². The maximum atomic E-state index is 13.1. The smallest absolute Gasteiger partial charge is 0.281 e. The average molecular weight is 603 g/mol. The number of nitrogens with zero attached hydrogens (tertiary/aromatic N) is 3. The van der Waals surface area contributed by atoms with Gasteiger partial charge in [0.15, 0.2) is 5.11 Å². The number of para-hydroxylation sites is 1. The summed E-state index contributed by atoms with van der Waals surface area (Å²) < 4.78 is 7.23. The van der Waals surface area contributed by atoms with Gasteiger partial charge in [0.05, 0.1) is 19.6 Å². The summed E-state index contributed by atoms with van der Waals surface area (Å²) in [5.41, 5.74) is 2.59. The Morgan fingerprint density at radius 1 is 1.06 bits per heavy atom. The minimum atomic E-state index is -0.441. The van der Waals surface area contributed by atoms with E-state index in [1.54, 1.807) is 30.2 Å². The molecule has 1 fully saturated rings. The molecule has 4 rings (SSSR count). The van der Waals surface area contributed by atoms with Crippen LogP contribution in [0.25, 0.3) is 6.08 Å². The molecular formula is C24H17Br2N3O4S. The number of rotatable bonds is 6. The largest absolute Gasteiger partial charge is 0.487 e. The summed E-state index contributed by atoms with van der Waals surface area (Å²) >= 11 is 12.5. The van der Waals surface area contributed by atoms with Crippen LogP contribution < -0.4 is 9.64 Å². The second-order valence-corrected chi connectivity index (χ2v) is 9.45. The van der Waals surface area contributed by atoms with Crippen LogP contribution in [0.4, 0.5) is 11.4 Å². The second-order valence-electron chi connectivity index (χ2n) is 7.38. The lowest BCUT2D eigenvalue weighted by molar-refractivity contribution is -0.384. The van der Waals surface area contributed by atoms with Crippen LogP contribution in [-0.4, -0.2) is 27.9 Å². The topological polar surface area (TPSA) is 75.9 Å². The van der Waals surface area contributed by atoms with E-state index in [9.17, 15) is 14.9 Å². The highest BCUT2D eigenvalue weighted by molar-refractivity contribution is 9.11. The average Bonchev–Trinajstić information content (AvgIpc) is 3.02. The van der Waals surface area contributed by atoms with Crippen LogP contribution in [0.2, 0.25) is 0 Å². The first-order valence-electron chi connectivity index (χ1n) is 10.0. The number of nitro groups is 1. The van der Waals surface area contributed by atoms with Crippen molar-refractivity contribution in [2.45, 2.75) is 6.61 Å². The fourth-order valence-electron chi connectivity index (χ4n) is 3.44. The van der Waals surface area contributed by atoms with Gasteiger partial charge in [-0.3, -0.25) is 19.8 Å². The molecule has 3 aromatic rings. The van der Waals surface area contributed by atoms with Crippen LogP contribution in [-0.2, 0) is 11.4 Å². The summed E-state index contributed by atoms with van der Waals surface area (Å²) in [5.74, 6) is 0.332. The molecule has 10 heteroatoms. The zero-order valence-electron chi connectivity index (χ0n) is 17.8. The summed E-state index contributed by atoms with van der Waals surface area (Å²) in [5, 5.41) is 11.4. The molecule has 0 aliphatic carbocycles. The Hall–Kier alpha value is -3.08. The Balaban J connectivity index is 1.57. The van der Waals surface area contributed by atoms with E-state index in [4.69, 9.17) is 17.0 Å². The molecule has 0 saturated carbocycles. The summed E-state index contributed by atoms with van der Waals surface area (Å²) in [7, 11) is 1.76. The van der Waals surface area contributed by atoms with Crippen LogP contribution in [0, 0.1) is 10.1 Å². The van der Waals surface area contributed by atoms with E-state index in [2.05, 4.69) is 31.9 Å². The molecule has 34 heavy (non-hydrogen) atoms. The van der Waals surface area contributed by atoms with Crippen molar-refractivity contribution in [3.05, 3.63) is 103 Å². The van der Waals surface area contributed by atoms with Gasteiger partial charge in [0.25, 0.3) is 11.6 Å². The molecule has 172 valence electrons. The third-order valence-corrected chi connectivity index (χ3v) is 6.74. The van der Waals surface area contributed by atoms with Gasteiger partial charge in [0, 0.05) is 19.2 Å². The van der Waals surface area contributed by atoms with E-state index in [1.165, 1.54) is 17.0 Å². The number of non-ortho nitro benzene ring substituents is 1. The number of hydrogen-bond donors (Lipinski definition) is 0. The van der Waals surface area contributed by atoms with Crippen molar-refractivity contribution in [3.63, 3.8) is 0 Å². The first kappa shape index (κ1) is 24.1. The Labute approximate surface area is 218 Å². The number of amides is 1. The molecule has 0 aromatic heterocycles. The van der Waals surface area contributed by atoms with Gasteiger partial charge in [-0.25, -0.2) is 0 Å². The van der Waals surface area contributed by atoms with Crippen molar-refractivity contribution in [1.82, 2.24) is 4.90 Å². The molecule has 7 nitrogen and oxygen atoms in total. The van der Waals surface area contributed by atoms with Crippen LogP contribution in [0.15, 0.2) is 81.4 Å². The first-order valence-corrected chi connectivity index (χ1v) is 12.0.